The highest BCUT2D eigenvalue weighted by atomic mass is 32.1. The molecule has 0 radical (unpaired) electrons. The van der Waals surface area contributed by atoms with E-state index < -0.39 is 18.0 Å². The largest absolute Gasteiger partial charge is 0.466 e. The van der Waals surface area contributed by atoms with Crippen molar-refractivity contribution in [3.8, 4) is 0 Å². The molecule has 2 aromatic heterocycles. The molecule has 1 saturated carbocycles. The van der Waals surface area contributed by atoms with Crippen LogP contribution >= 0.6 is 11.3 Å². The van der Waals surface area contributed by atoms with E-state index in [0.29, 0.717) is 39.1 Å². The number of aromatic nitrogens is 2. The molecule has 198 valence electrons. The Labute approximate surface area is 222 Å². The number of nitrogens with one attached hydrogen (secondary N) is 1. The van der Waals surface area contributed by atoms with E-state index in [-0.39, 0.29) is 23.3 Å². The number of hydrogen-bond donors (Lipinski definition) is 1. The SMILES string of the molecule is COC(=O)C1=C([C@H]2CC[C@@H](c3nc(C(=O)OC)co3)CC2)NC(c2nccs2)=NC1c1cccc(F)c1C. The van der Waals surface area contributed by atoms with E-state index in [1.165, 1.54) is 37.9 Å². The van der Waals surface area contributed by atoms with E-state index in [0.717, 1.165) is 25.7 Å². The van der Waals surface area contributed by atoms with E-state index >= 15 is 0 Å². The molecule has 3 heterocycles. The summed E-state index contributed by atoms with van der Waals surface area (Å²) in [7, 11) is 2.63. The second-order valence-corrected chi connectivity index (χ2v) is 10.1. The monoisotopic (exact) mass is 538 g/mol. The van der Waals surface area contributed by atoms with Gasteiger partial charge in [0.25, 0.3) is 0 Å². The molecule has 1 aliphatic heterocycles. The molecule has 2 aliphatic rings. The first-order valence-corrected chi connectivity index (χ1v) is 13.1. The Morgan fingerprint density at radius 1 is 1.11 bits per heavy atom. The minimum atomic E-state index is -0.750. The Balaban J connectivity index is 1.50. The fourth-order valence-corrected chi connectivity index (χ4v) is 5.71. The molecule has 1 aromatic carbocycles. The summed E-state index contributed by atoms with van der Waals surface area (Å²) in [6, 6.07) is 4.05. The molecule has 0 spiro atoms. The van der Waals surface area contributed by atoms with Gasteiger partial charge in [-0.15, -0.1) is 11.3 Å². The minimum Gasteiger partial charge on any atom is -0.466 e. The lowest BCUT2D eigenvalue weighted by Crippen LogP contribution is -2.37. The Hall–Kier alpha value is -3.86. The summed E-state index contributed by atoms with van der Waals surface area (Å²) >= 11 is 1.43. The molecule has 1 atom stereocenters. The van der Waals surface area contributed by atoms with Crippen molar-refractivity contribution in [2.75, 3.05) is 14.2 Å². The van der Waals surface area contributed by atoms with Crippen LogP contribution in [0.5, 0.6) is 0 Å². The van der Waals surface area contributed by atoms with E-state index in [4.69, 9.17) is 18.9 Å². The number of aliphatic imine (C=N–C) groups is 1. The molecule has 0 amide bonds. The summed E-state index contributed by atoms with van der Waals surface area (Å²) in [5, 5.41) is 5.92. The number of thiazole rings is 1. The lowest BCUT2D eigenvalue weighted by atomic mass is 9.77. The van der Waals surface area contributed by atoms with Crippen molar-refractivity contribution in [1.82, 2.24) is 15.3 Å². The Morgan fingerprint density at radius 3 is 2.53 bits per heavy atom. The van der Waals surface area contributed by atoms with Gasteiger partial charge in [-0.3, -0.25) is 4.99 Å². The highest BCUT2D eigenvalue weighted by molar-refractivity contribution is 7.11. The lowest BCUT2D eigenvalue weighted by molar-refractivity contribution is -0.136. The van der Waals surface area contributed by atoms with Crippen molar-refractivity contribution in [1.29, 1.82) is 0 Å². The number of esters is 2. The summed E-state index contributed by atoms with van der Waals surface area (Å²) < 4.78 is 30.1. The zero-order chi connectivity index (χ0) is 26.8. The predicted molar refractivity (Wildman–Crippen MR) is 137 cm³/mol. The van der Waals surface area contributed by atoms with Crippen molar-refractivity contribution in [2.45, 2.75) is 44.6 Å². The average Bonchev–Trinajstić information content (AvgIpc) is 3.66. The molecular formula is C27H27FN4O5S. The normalized spacial score (nSPS) is 21.5. The van der Waals surface area contributed by atoms with Crippen LogP contribution < -0.4 is 5.32 Å². The number of nitrogens with zero attached hydrogens (tertiary/aromatic N) is 3. The van der Waals surface area contributed by atoms with Gasteiger partial charge >= 0.3 is 11.9 Å². The molecule has 1 aliphatic carbocycles. The molecule has 5 rings (SSSR count). The van der Waals surface area contributed by atoms with E-state index in [1.54, 1.807) is 25.3 Å². The van der Waals surface area contributed by atoms with Crippen LogP contribution in [0.2, 0.25) is 0 Å². The van der Waals surface area contributed by atoms with Crippen molar-refractivity contribution in [3.63, 3.8) is 0 Å². The van der Waals surface area contributed by atoms with Crippen molar-refractivity contribution >= 4 is 29.1 Å². The third-order valence-electron chi connectivity index (χ3n) is 7.12. The topological polar surface area (TPSA) is 116 Å². The van der Waals surface area contributed by atoms with Gasteiger partial charge in [-0.25, -0.2) is 23.9 Å². The predicted octanol–water partition coefficient (Wildman–Crippen LogP) is 4.86. The number of oxazole rings is 1. The van der Waals surface area contributed by atoms with E-state index in [1.807, 2.05) is 5.38 Å². The first-order valence-electron chi connectivity index (χ1n) is 12.3. The van der Waals surface area contributed by atoms with Crippen molar-refractivity contribution < 1.29 is 27.9 Å². The zero-order valence-electron chi connectivity index (χ0n) is 21.2. The van der Waals surface area contributed by atoms with E-state index in [9.17, 15) is 14.0 Å². The van der Waals surface area contributed by atoms with Crippen LogP contribution in [-0.2, 0) is 14.3 Å². The number of ether oxygens (including phenoxy) is 2. The van der Waals surface area contributed by atoms with Gasteiger partial charge in [0.2, 0.25) is 0 Å². The molecule has 3 aromatic rings. The highest BCUT2D eigenvalue weighted by Gasteiger charge is 2.38. The number of hydrogen-bond acceptors (Lipinski definition) is 10. The Bertz CT molecular complexity index is 1410. The maximum atomic E-state index is 14.6. The number of methoxy groups -OCH3 is 2. The van der Waals surface area contributed by atoms with Gasteiger partial charge in [0.1, 0.15) is 18.1 Å². The molecule has 11 heteroatoms. The first-order chi connectivity index (χ1) is 18.4. The molecule has 9 nitrogen and oxygen atoms in total. The smallest absolute Gasteiger partial charge is 0.360 e. The molecule has 0 saturated heterocycles. The van der Waals surface area contributed by atoms with Crippen molar-refractivity contribution in [2.24, 2.45) is 10.9 Å². The summed E-state index contributed by atoms with van der Waals surface area (Å²) in [5.74, 6) is -0.368. The second kappa shape index (κ2) is 10.9. The van der Waals surface area contributed by atoms with Crippen LogP contribution in [-0.4, -0.2) is 42.0 Å². The highest BCUT2D eigenvalue weighted by Crippen LogP contribution is 2.43. The summed E-state index contributed by atoms with van der Waals surface area (Å²) in [6.07, 6.45) is 5.93. The number of carbonyl (C=O) groups is 2. The van der Waals surface area contributed by atoms with Gasteiger partial charge in [-0.1, -0.05) is 12.1 Å². The van der Waals surface area contributed by atoms with Gasteiger partial charge in [-0.2, -0.15) is 0 Å². The number of allylic oxidation sites excluding steroid dienone is 1. The molecule has 1 unspecified atom stereocenters. The lowest BCUT2D eigenvalue weighted by Gasteiger charge is -2.34. The molecule has 1 N–H and O–H groups in total. The van der Waals surface area contributed by atoms with Gasteiger partial charge < -0.3 is 19.2 Å². The van der Waals surface area contributed by atoms with Gasteiger partial charge in [0.15, 0.2) is 22.4 Å². The maximum absolute atomic E-state index is 14.6. The number of carbonyl (C=O) groups excluding carboxylic acids is 2. The van der Waals surface area contributed by atoms with Gasteiger partial charge in [-0.05, 0) is 55.7 Å². The Kier molecular flexibility index (Phi) is 7.37. The first kappa shape index (κ1) is 25.8. The standard InChI is InChI=1S/C27H27FN4O5S/c1-14-17(5-4-6-18(14)28)22-20(27(34)36-3)21(31-23(32-22)25-29-11-12-38-25)15-7-9-16(10-8-15)24-30-19(13-37-24)26(33)35-2/h4-6,11-13,15-16,22H,7-10H2,1-3H3,(H,31,32)/t15-,16+,22?. The van der Waals surface area contributed by atoms with Gasteiger partial charge in [0.05, 0.1) is 19.8 Å². The maximum Gasteiger partial charge on any atom is 0.360 e. The average molecular weight is 539 g/mol. The molecular weight excluding hydrogens is 511 g/mol. The number of benzene rings is 1. The summed E-state index contributed by atoms with van der Waals surface area (Å²) in [4.78, 5) is 38.5. The van der Waals surface area contributed by atoms with Crippen LogP contribution in [0.25, 0.3) is 0 Å². The number of rotatable bonds is 6. The van der Waals surface area contributed by atoms with Crippen LogP contribution in [0.4, 0.5) is 4.39 Å². The fourth-order valence-electron chi connectivity index (χ4n) is 5.12. The van der Waals surface area contributed by atoms with E-state index in [2.05, 4.69) is 15.3 Å². The third-order valence-corrected chi connectivity index (χ3v) is 7.90. The van der Waals surface area contributed by atoms with Crippen LogP contribution in [0.15, 0.2) is 56.7 Å². The van der Waals surface area contributed by atoms with Crippen LogP contribution in [0.3, 0.4) is 0 Å². The summed E-state index contributed by atoms with van der Waals surface area (Å²) in [5.41, 5.74) is 2.26. The van der Waals surface area contributed by atoms with Crippen LogP contribution in [0.1, 0.15) is 70.2 Å². The number of halogens is 1. The summed E-state index contributed by atoms with van der Waals surface area (Å²) in [6.45, 7) is 1.68. The van der Waals surface area contributed by atoms with Crippen molar-refractivity contribution in [3.05, 3.63) is 80.8 Å². The van der Waals surface area contributed by atoms with Crippen LogP contribution in [0, 0.1) is 18.7 Å². The number of amidine groups is 1. The quantitative estimate of drug-likeness (QED) is 0.443. The second-order valence-electron chi connectivity index (χ2n) is 9.23. The molecule has 38 heavy (non-hydrogen) atoms. The molecule has 0 bridgehead atoms. The fraction of sp³-hybridized carbons (Fsp3) is 0.370. The zero-order valence-corrected chi connectivity index (χ0v) is 22.0. The Morgan fingerprint density at radius 2 is 1.84 bits per heavy atom. The molecule has 1 fully saturated rings. The third kappa shape index (κ3) is 4.85. The van der Waals surface area contributed by atoms with Gasteiger partial charge in [0, 0.05) is 23.2 Å². The minimum absolute atomic E-state index is 0.0165.